The van der Waals surface area contributed by atoms with Gasteiger partial charge in [-0.3, -0.25) is 4.79 Å². The minimum Gasteiger partial charge on any atom is -0.325 e. The molecule has 102 valence electrons. The van der Waals surface area contributed by atoms with E-state index < -0.39 is 0 Å². The van der Waals surface area contributed by atoms with Gasteiger partial charge in [0, 0.05) is 10.9 Å². The van der Waals surface area contributed by atoms with Crippen LogP contribution in [-0.2, 0) is 4.79 Å². The van der Waals surface area contributed by atoms with Crippen molar-refractivity contribution in [3.63, 3.8) is 0 Å². The molecule has 3 rings (SSSR count). The van der Waals surface area contributed by atoms with Crippen LogP contribution >= 0.6 is 15.9 Å². The first-order valence-electron chi connectivity index (χ1n) is 7.18. The van der Waals surface area contributed by atoms with Gasteiger partial charge in [0.15, 0.2) is 0 Å². The Morgan fingerprint density at radius 3 is 2.84 bits per heavy atom. The number of rotatable bonds is 3. The SMILES string of the molecule is Cc1ccc(NC(=O)CC2CC3CCC2C3)c(Br)c1. The van der Waals surface area contributed by atoms with Gasteiger partial charge in [-0.1, -0.05) is 12.5 Å². The van der Waals surface area contributed by atoms with Crippen LogP contribution in [0.3, 0.4) is 0 Å². The summed E-state index contributed by atoms with van der Waals surface area (Å²) in [5.41, 5.74) is 2.08. The third-order valence-corrected chi connectivity index (χ3v) is 5.39. The number of halogens is 1. The smallest absolute Gasteiger partial charge is 0.224 e. The van der Waals surface area contributed by atoms with Crippen LogP contribution in [-0.4, -0.2) is 5.91 Å². The molecule has 0 saturated heterocycles. The van der Waals surface area contributed by atoms with Crippen molar-refractivity contribution in [2.75, 3.05) is 5.32 Å². The third kappa shape index (κ3) is 2.86. The molecule has 3 unspecified atom stereocenters. The average molecular weight is 322 g/mol. The predicted molar refractivity (Wildman–Crippen MR) is 81.1 cm³/mol. The summed E-state index contributed by atoms with van der Waals surface area (Å²) in [7, 11) is 0. The largest absolute Gasteiger partial charge is 0.325 e. The molecule has 2 saturated carbocycles. The van der Waals surface area contributed by atoms with Crippen LogP contribution < -0.4 is 5.32 Å². The number of fused-ring (bicyclic) bond motifs is 2. The Labute approximate surface area is 123 Å². The molecule has 1 aromatic rings. The quantitative estimate of drug-likeness (QED) is 0.871. The van der Waals surface area contributed by atoms with Gasteiger partial charge < -0.3 is 5.32 Å². The molecule has 19 heavy (non-hydrogen) atoms. The molecule has 1 amide bonds. The van der Waals surface area contributed by atoms with Crippen molar-refractivity contribution in [2.45, 2.75) is 39.0 Å². The van der Waals surface area contributed by atoms with E-state index in [-0.39, 0.29) is 5.91 Å². The zero-order chi connectivity index (χ0) is 13.4. The predicted octanol–water partition coefficient (Wildman–Crippen LogP) is 4.52. The maximum Gasteiger partial charge on any atom is 0.224 e. The highest BCUT2D eigenvalue weighted by Crippen LogP contribution is 2.49. The Kier molecular flexibility index (Phi) is 3.66. The summed E-state index contributed by atoms with van der Waals surface area (Å²) in [5, 5.41) is 3.04. The molecule has 3 heteroatoms. The Bertz CT molecular complexity index is 500. The molecule has 2 aliphatic carbocycles. The van der Waals surface area contributed by atoms with Crippen LogP contribution in [0.15, 0.2) is 22.7 Å². The molecule has 0 aliphatic heterocycles. The first-order valence-corrected chi connectivity index (χ1v) is 7.97. The summed E-state index contributed by atoms with van der Waals surface area (Å²) < 4.78 is 0.966. The maximum absolute atomic E-state index is 12.1. The van der Waals surface area contributed by atoms with E-state index in [4.69, 9.17) is 0 Å². The van der Waals surface area contributed by atoms with E-state index >= 15 is 0 Å². The second-order valence-electron chi connectivity index (χ2n) is 6.17. The van der Waals surface area contributed by atoms with Gasteiger partial charge in [-0.2, -0.15) is 0 Å². The van der Waals surface area contributed by atoms with Crippen molar-refractivity contribution in [1.82, 2.24) is 0 Å². The number of carbonyl (C=O) groups excluding carboxylic acids is 1. The first-order chi connectivity index (χ1) is 9.11. The van der Waals surface area contributed by atoms with E-state index in [1.54, 1.807) is 0 Å². The zero-order valence-corrected chi connectivity index (χ0v) is 12.9. The molecule has 0 heterocycles. The minimum absolute atomic E-state index is 0.169. The molecule has 2 bridgehead atoms. The molecule has 1 N–H and O–H groups in total. The second-order valence-corrected chi connectivity index (χ2v) is 7.02. The van der Waals surface area contributed by atoms with E-state index in [1.165, 1.54) is 31.2 Å². The van der Waals surface area contributed by atoms with E-state index in [0.717, 1.165) is 22.0 Å². The number of benzene rings is 1. The van der Waals surface area contributed by atoms with Crippen LogP contribution in [0, 0.1) is 24.7 Å². The van der Waals surface area contributed by atoms with Crippen molar-refractivity contribution in [3.05, 3.63) is 28.2 Å². The standard InChI is InChI=1S/C16H20BrNO/c1-10-2-5-15(14(17)6-10)18-16(19)9-13-8-11-3-4-12(13)7-11/h2,5-6,11-13H,3-4,7-9H2,1H3,(H,18,19). The lowest BCUT2D eigenvalue weighted by molar-refractivity contribution is -0.117. The highest BCUT2D eigenvalue weighted by Gasteiger charge is 2.40. The summed E-state index contributed by atoms with van der Waals surface area (Å²) >= 11 is 3.51. The summed E-state index contributed by atoms with van der Waals surface area (Å²) in [6.07, 6.45) is 6.07. The fourth-order valence-electron chi connectivity index (χ4n) is 3.79. The molecule has 2 aliphatic rings. The van der Waals surface area contributed by atoms with Gasteiger partial charge in [0.05, 0.1) is 5.69 Å². The Balaban J connectivity index is 1.59. The summed E-state index contributed by atoms with van der Waals surface area (Å²) in [4.78, 5) is 12.1. The minimum atomic E-state index is 0.169. The number of hydrogen-bond acceptors (Lipinski definition) is 1. The monoisotopic (exact) mass is 321 g/mol. The molecular formula is C16H20BrNO. The van der Waals surface area contributed by atoms with E-state index in [2.05, 4.69) is 21.2 Å². The molecule has 2 nitrogen and oxygen atoms in total. The van der Waals surface area contributed by atoms with Crippen LogP contribution in [0.2, 0.25) is 0 Å². The van der Waals surface area contributed by atoms with Gasteiger partial charge in [-0.15, -0.1) is 0 Å². The lowest BCUT2D eigenvalue weighted by Gasteiger charge is -2.21. The van der Waals surface area contributed by atoms with Gasteiger partial charge in [-0.25, -0.2) is 0 Å². The Hall–Kier alpha value is -0.830. The first kappa shape index (κ1) is 13.2. The molecule has 0 aromatic heterocycles. The fraction of sp³-hybridized carbons (Fsp3) is 0.562. The fourth-order valence-corrected chi connectivity index (χ4v) is 4.38. The van der Waals surface area contributed by atoms with Crippen LogP contribution in [0.4, 0.5) is 5.69 Å². The lowest BCUT2D eigenvalue weighted by Crippen LogP contribution is -2.20. The van der Waals surface area contributed by atoms with Crippen molar-refractivity contribution in [3.8, 4) is 0 Å². The van der Waals surface area contributed by atoms with E-state index in [9.17, 15) is 4.79 Å². The zero-order valence-electron chi connectivity index (χ0n) is 11.3. The van der Waals surface area contributed by atoms with Gasteiger partial charge in [-0.05, 0) is 77.6 Å². The number of aryl methyl sites for hydroxylation is 1. The lowest BCUT2D eigenvalue weighted by atomic mass is 9.86. The van der Waals surface area contributed by atoms with Gasteiger partial charge in [0.1, 0.15) is 0 Å². The van der Waals surface area contributed by atoms with Crippen molar-refractivity contribution in [1.29, 1.82) is 0 Å². The van der Waals surface area contributed by atoms with E-state index in [0.29, 0.717) is 12.3 Å². The number of amides is 1. The topological polar surface area (TPSA) is 29.1 Å². The molecule has 1 aromatic carbocycles. The average Bonchev–Trinajstić information content (AvgIpc) is 2.95. The normalized spacial score (nSPS) is 28.6. The van der Waals surface area contributed by atoms with E-state index in [1.807, 2.05) is 25.1 Å². The van der Waals surface area contributed by atoms with Crippen molar-refractivity contribution in [2.24, 2.45) is 17.8 Å². The summed E-state index contributed by atoms with van der Waals surface area (Å²) in [6, 6.07) is 6.03. The summed E-state index contributed by atoms with van der Waals surface area (Å²) in [6.45, 7) is 2.05. The maximum atomic E-state index is 12.1. The van der Waals surface area contributed by atoms with Crippen LogP contribution in [0.25, 0.3) is 0 Å². The Morgan fingerprint density at radius 2 is 2.21 bits per heavy atom. The highest BCUT2D eigenvalue weighted by molar-refractivity contribution is 9.10. The number of carbonyl (C=O) groups is 1. The van der Waals surface area contributed by atoms with Gasteiger partial charge in [0.25, 0.3) is 0 Å². The van der Waals surface area contributed by atoms with Crippen molar-refractivity contribution < 1.29 is 4.79 Å². The van der Waals surface area contributed by atoms with Crippen LogP contribution in [0.1, 0.15) is 37.7 Å². The number of anilines is 1. The number of hydrogen-bond donors (Lipinski definition) is 1. The molecule has 3 atom stereocenters. The molecule has 2 fully saturated rings. The number of nitrogens with one attached hydrogen (secondary N) is 1. The third-order valence-electron chi connectivity index (χ3n) is 4.73. The van der Waals surface area contributed by atoms with Crippen molar-refractivity contribution >= 4 is 27.5 Å². The summed E-state index contributed by atoms with van der Waals surface area (Å²) in [5.74, 6) is 2.52. The van der Waals surface area contributed by atoms with Gasteiger partial charge in [0.2, 0.25) is 5.91 Å². The Morgan fingerprint density at radius 1 is 1.37 bits per heavy atom. The van der Waals surface area contributed by atoms with Gasteiger partial charge >= 0.3 is 0 Å². The molecular weight excluding hydrogens is 302 g/mol. The molecule has 0 radical (unpaired) electrons. The highest BCUT2D eigenvalue weighted by atomic mass is 79.9. The van der Waals surface area contributed by atoms with Crippen LogP contribution in [0.5, 0.6) is 0 Å². The second kappa shape index (κ2) is 5.28. The molecule has 0 spiro atoms.